The molecule has 1 aliphatic rings. The largest absolute Gasteiger partial charge is 0.492 e. The number of anilines is 1. The number of hydrogen-bond donors (Lipinski definition) is 1. The number of ether oxygens (including phenoxy) is 2. The number of benzene rings is 1. The lowest BCUT2D eigenvalue weighted by Crippen LogP contribution is -2.45. The van der Waals surface area contributed by atoms with Gasteiger partial charge < -0.3 is 19.3 Å². The molecule has 1 fully saturated rings. The van der Waals surface area contributed by atoms with Gasteiger partial charge in [-0.3, -0.25) is 5.10 Å². The molecule has 152 valence electrons. The first-order valence-electron chi connectivity index (χ1n) is 9.45. The van der Waals surface area contributed by atoms with Crippen LogP contribution in [0.4, 0.5) is 5.95 Å². The third-order valence-corrected chi connectivity index (χ3v) is 5.71. The van der Waals surface area contributed by atoms with Crippen molar-refractivity contribution >= 4 is 17.7 Å². The molecule has 0 bridgehead atoms. The van der Waals surface area contributed by atoms with Gasteiger partial charge in [0.15, 0.2) is 5.75 Å². The Bertz CT molecular complexity index is 928. The Morgan fingerprint density at radius 2 is 1.90 bits per heavy atom. The molecule has 0 unspecified atom stereocenters. The Kier molecular flexibility index (Phi) is 6.16. The van der Waals surface area contributed by atoms with Crippen molar-refractivity contribution in [2.75, 3.05) is 45.2 Å². The molecule has 3 aromatic rings. The Hall–Kier alpha value is -2.78. The third kappa shape index (κ3) is 4.80. The minimum absolute atomic E-state index is 0.438. The Morgan fingerprint density at radius 3 is 2.66 bits per heavy atom. The van der Waals surface area contributed by atoms with Crippen molar-refractivity contribution in [3.63, 3.8) is 0 Å². The van der Waals surface area contributed by atoms with Crippen molar-refractivity contribution in [2.24, 2.45) is 0 Å². The first-order valence-corrected chi connectivity index (χ1v) is 10.3. The van der Waals surface area contributed by atoms with Gasteiger partial charge in [-0.2, -0.15) is 10.1 Å². The highest BCUT2D eigenvalue weighted by molar-refractivity contribution is 7.99. The monoisotopic (exact) mass is 412 g/mol. The molecule has 1 aromatic carbocycles. The molecule has 1 aliphatic heterocycles. The summed E-state index contributed by atoms with van der Waals surface area (Å²) in [6.07, 6.45) is 3.46. The van der Waals surface area contributed by atoms with Crippen LogP contribution < -0.4 is 14.4 Å². The number of likely N-dealkylation sites (N-methyl/N-ethyl adjacent to an activating group) is 1. The van der Waals surface area contributed by atoms with E-state index in [1.165, 1.54) is 11.8 Å². The zero-order chi connectivity index (χ0) is 20.1. The second-order valence-electron chi connectivity index (χ2n) is 6.77. The first-order chi connectivity index (χ1) is 14.2. The van der Waals surface area contributed by atoms with E-state index in [4.69, 9.17) is 14.5 Å². The van der Waals surface area contributed by atoms with Crippen LogP contribution in [0.1, 0.15) is 5.56 Å². The highest BCUT2D eigenvalue weighted by atomic mass is 32.2. The first kappa shape index (κ1) is 19.5. The van der Waals surface area contributed by atoms with Crippen LogP contribution in [0.5, 0.6) is 11.6 Å². The van der Waals surface area contributed by atoms with Gasteiger partial charge >= 0.3 is 0 Å². The fourth-order valence-electron chi connectivity index (χ4n) is 3.00. The van der Waals surface area contributed by atoms with Gasteiger partial charge in [0, 0.05) is 26.2 Å². The van der Waals surface area contributed by atoms with Crippen LogP contribution in [-0.4, -0.2) is 65.4 Å². The number of H-pyrrole nitrogens is 1. The van der Waals surface area contributed by atoms with Gasteiger partial charge in [0.2, 0.25) is 11.8 Å². The third-order valence-electron chi connectivity index (χ3n) is 4.72. The van der Waals surface area contributed by atoms with E-state index in [1.54, 1.807) is 13.3 Å². The molecular weight excluding hydrogens is 388 g/mol. The molecule has 0 aliphatic carbocycles. The van der Waals surface area contributed by atoms with Crippen LogP contribution >= 0.6 is 11.8 Å². The van der Waals surface area contributed by atoms with Crippen LogP contribution in [0.3, 0.4) is 0 Å². The smallest absolute Gasteiger partial charge is 0.233 e. The van der Waals surface area contributed by atoms with Crippen molar-refractivity contribution in [1.29, 1.82) is 0 Å². The second-order valence-corrected chi connectivity index (χ2v) is 7.83. The quantitative estimate of drug-likeness (QED) is 0.635. The summed E-state index contributed by atoms with van der Waals surface area (Å²) in [7, 11) is 3.75. The summed E-state index contributed by atoms with van der Waals surface area (Å²) in [5, 5.41) is 7.78. The van der Waals surface area contributed by atoms with E-state index in [0.717, 1.165) is 41.7 Å². The predicted molar refractivity (Wildman–Crippen MR) is 112 cm³/mol. The summed E-state index contributed by atoms with van der Waals surface area (Å²) >= 11 is 1.44. The topological polar surface area (TPSA) is 79.4 Å². The van der Waals surface area contributed by atoms with Gasteiger partial charge in [-0.25, -0.2) is 4.98 Å². The lowest BCUT2D eigenvalue weighted by Gasteiger charge is -2.32. The number of methoxy groups -OCH3 is 1. The summed E-state index contributed by atoms with van der Waals surface area (Å²) in [6.45, 7) is 4.22. The van der Waals surface area contributed by atoms with E-state index < -0.39 is 0 Å². The van der Waals surface area contributed by atoms with Crippen LogP contribution in [0.25, 0.3) is 0 Å². The number of rotatable bonds is 7. The fourth-order valence-corrected chi connectivity index (χ4v) is 3.85. The minimum Gasteiger partial charge on any atom is -0.492 e. The van der Waals surface area contributed by atoms with E-state index in [2.05, 4.69) is 32.0 Å². The number of nitrogens with one attached hydrogen (secondary N) is 1. The van der Waals surface area contributed by atoms with Gasteiger partial charge in [-0.05, 0) is 12.6 Å². The molecule has 3 heterocycles. The summed E-state index contributed by atoms with van der Waals surface area (Å²) in [5.41, 5.74) is 1.09. The van der Waals surface area contributed by atoms with Crippen molar-refractivity contribution in [2.45, 2.75) is 16.5 Å². The SMILES string of the molecule is COc1cn[nH]c1Sc1cnc(N2CCN(C)CC2)nc1OCc1ccccc1. The fraction of sp³-hybridized carbons (Fsp3) is 0.350. The average molecular weight is 413 g/mol. The highest BCUT2D eigenvalue weighted by Gasteiger charge is 2.20. The number of hydrogen-bond acceptors (Lipinski definition) is 8. The zero-order valence-electron chi connectivity index (χ0n) is 16.5. The number of nitrogens with zero attached hydrogens (tertiary/aromatic N) is 5. The summed E-state index contributed by atoms with van der Waals surface area (Å²) in [5.74, 6) is 1.92. The molecular formula is C20H24N6O2S. The van der Waals surface area contributed by atoms with Crippen LogP contribution in [0, 0.1) is 0 Å². The normalized spacial score (nSPS) is 14.8. The molecule has 0 amide bonds. The molecule has 0 saturated carbocycles. The predicted octanol–water partition coefficient (Wildman–Crippen LogP) is 2.69. The van der Waals surface area contributed by atoms with Crippen molar-refractivity contribution in [1.82, 2.24) is 25.1 Å². The highest BCUT2D eigenvalue weighted by Crippen LogP contribution is 2.37. The lowest BCUT2D eigenvalue weighted by molar-refractivity contribution is 0.283. The Morgan fingerprint density at radius 1 is 1.10 bits per heavy atom. The summed E-state index contributed by atoms with van der Waals surface area (Å²) < 4.78 is 11.5. The summed E-state index contributed by atoms with van der Waals surface area (Å²) in [4.78, 5) is 14.7. The van der Waals surface area contributed by atoms with Crippen LogP contribution in [-0.2, 0) is 6.61 Å². The standard InChI is InChI=1S/C20H24N6O2S/c1-25-8-10-26(11-9-25)20-21-13-17(29-19-16(27-2)12-22-24-19)18(23-20)28-14-15-6-4-3-5-7-15/h3-7,12-13H,8-11,14H2,1-2H3,(H,22,24). The van der Waals surface area contributed by atoms with Crippen LogP contribution in [0.2, 0.25) is 0 Å². The zero-order valence-corrected chi connectivity index (χ0v) is 17.4. The molecule has 4 rings (SSSR count). The van der Waals surface area contributed by atoms with E-state index in [-0.39, 0.29) is 0 Å². The van der Waals surface area contributed by atoms with Gasteiger partial charge in [0.1, 0.15) is 11.6 Å². The average Bonchev–Trinajstić information content (AvgIpc) is 3.21. The van der Waals surface area contributed by atoms with E-state index >= 15 is 0 Å². The van der Waals surface area contributed by atoms with Crippen LogP contribution in [0.15, 0.2) is 52.6 Å². The lowest BCUT2D eigenvalue weighted by atomic mass is 10.2. The molecule has 0 radical (unpaired) electrons. The molecule has 1 saturated heterocycles. The van der Waals surface area contributed by atoms with Crippen molar-refractivity contribution in [3.05, 3.63) is 48.3 Å². The Labute approximate surface area is 174 Å². The molecule has 29 heavy (non-hydrogen) atoms. The molecule has 2 aromatic heterocycles. The van der Waals surface area contributed by atoms with E-state index in [0.29, 0.717) is 24.2 Å². The molecule has 0 spiro atoms. The van der Waals surface area contributed by atoms with Crippen molar-refractivity contribution in [3.8, 4) is 11.6 Å². The summed E-state index contributed by atoms with van der Waals surface area (Å²) in [6, 6.07) is 10.1. The number of aromatic amines is 1. The number of aromatic nitrogens is 4. The molecule has 1 N–H and O–H groups in total. The maximum absolute atomic E-state index is 6.11. The van der Waals surface area contributed by atoms with E-state index in [1.807, 2.05) is 36.5 Å². The molecule has 9 heteroatoms. The number of piperazine rings is 1. The van der Waals surface area contributed by atoms with Gasteiger partial charge in [0.25, 0.3) is 0 Å². The van der Waals surface area contributed by atoms with Gasteiger partial charge in [0.05, 0.1) is 24.4 Å². The van der Waals surface area contributed by atoms with Gasteiger partial charge in [-0.1, -0.05) is 42.1 Å². The van der Waals surface area contributed by atoms with Gasteiger partial charge in [-0.15, -0.1) is 0 Å². The van der Waals surface area contributed by atoms with Crippen molar-refractivity contribution < 1.29 is 9.47 Å². The maximum Gasteiger partial charge on any atom is 0.233 e. The molecule has 0 atom stereocenters. The second kappa shape index (κ2) is 9.15. The Balaban J connectivity index is 1.58. The molecule has 8 nitrogen and oxygen atoms in total. The minimum atomic E-state index is 0.438. The van der Waals surface area contributed by atoms with E-state index in [9.17, 15) is 0 Å². The maximum atomic E-state index is 6.11.